The molecule has 1 heterocycles. The topological polar surface area (TPSA) is 118 Å². The zero-order valence-electron chi connectivity index (χ0n) is 31.1. The van der Waals surface area contributed by atoms with Gasteiger partial charge in [0.2, 0.25) is 5.88 Å². The lowest BCUT2D eigenvalue weighted by Gasteiger charge is -2.23. The summed E-state index contributed by atoms with van der Waals surface area (Å²) in [5.74, 6) is 2.92. The standard InChI is InChI=1S/C24H28N2O5.C18H20O3/c1-15(11-16-9-7-6-8-10-16)17-12-20(28-2)21(29-3)13-18(17)22(27)19-14-25-24(31-5)26-23(19)30-4;1-13(9-14-7-5-4-6-8-14)16-11-18(21-3)17(20-2)10-15(16)12-19/h6-10,12-15,22,27H,11H2,1-5H3;4-8,10-13H,9H2,1-3H3. The summed E-state index contributed by atoms with van der Waals surface area (Å²) in [5, 5.41) is 11.3. The third-order valence-electron chi connectivity index (χ3n) is 8.86. The molecule has 0 fully saturated rings. The van der Waals surface area contributed by atoms with Crippen molar-refractivity contribution in [3.8, 4) is 34.9 Å². The van der Waals surface area contributed by atoms with Gasteiger partial charge in [0.1, 0.15) is 12.4 Å². The van der Waals surface area contributed by atoms with Crippen LogP contribution in [0, 0.1) is 0 Å². The summed E-state index contributed by atoms with van der Waals surface area (Å²) in [6.07, 6.45) is 3.02. The quantitative estimate of drug-likeness (QED) is 0.108. The van der Waals surface area contributed by atoms with Crippen LogP contribution >= 0.6 is 0 Å². The predicted octanol–water partition coefficient (Wildman–Crippen LogP) is 7.80. The number of aldehydes is 1. The smallest absolute Gasteiger partial charge is 0.319 e. The number of methoxy groups -OCH3 is 6. The van der Waals surface area contributed by atoms with Crippen molar-refractivity contribution in [2.45, 2.75) is 44.6 Å². The summed E-state index contributed by atoms with van der Waals surface area (Å²) in [6, 6.07) is 28.0. The Balaban J connectivity index is 0.000000251. The molecule has 0 bridgehead atoms. The molecule has 0 aliphatic heterocycles. The van der Waals surface area contributed by atoms with E-state index in [1.54, 1.807) is 40.6 Å². The molecule has 0 aliphatic carbocycles. The van der Waals surface area contributed by atoms with Crippen LogP contribution in [-0.4, -0.2) is 64.0 Å². The van der Waals surface area contributed by atoms with E-state index in [0.29, 0.717) is 39.7 Å². The number of benzene rings is 4. The molecule has 1 aromatic heterocycles. The third kappa shape index (κ3) is 9.58. The molecule has 1 N–H and O–H groups in total. The van der Waals surface area contributed by atoms with Crippen LogP contribution in [-0.2, 0) is 12.8 Å². The first-order valence-electron chi connectivity index (χ1n) is 16.9. The fourth-order valence-corrected chi connectivity index (χ4v) is 6.15. The molecule has 274 valence electrons. The maximum Gasteiger partial charge on any atom is 0.319 e. The van der Waals surface area contributed by atoms with Gasteiger partial charge in [0.05, 0.1) is 48.2 Å². The van der Waals surface area contributed by atoms with E-state index in [1.807, 2.05) is 48.5 Å². The second kappa shape index (κ2) is 19.1. The van der Waals surface area contributed by atoms with Crippen LogP contribution < -0.4 is 28.4 Å². The Kier molecular flexibility index (Phi) is 14.4. The summed E-state index contributed by atoms with van der Waals surface area (Å²) >= 11 is 0. The Morgan fingerprint density at radius 1 is 0.596 bits per heavy atom. The largest absolute Gasteiger partial charge is 0.493 e. The van der Waals surface area contributed by atoms with Crippen molar-refractivity contribution in [1.29, 1.82) is 0 Å². The van der Waals surface area contributed by atoms with E-state index in [1.165, 1.54) is 31.5 Å². The van der Waals surface area contributed by atoms with Gasteiger partial charge in [-0.3, -0.25) is 4.79 Å². The zero-order chi connectivity index (χ0) is 37.6. The van der Waals surface area contributed by atoms with Crippen molar-refractivity contribution in [1.82, 2.24) is 9.97 Å². The van der Waals surface area contributed by atoms with Crippen LogP contribution in [0.25, 0.3) is 0 Å². The number of aromatic nitrogens is 2. The fraction of sp³-hybridized carbons (Fsp3) is 0.310. The highest BCUT2D eigenvalue weighted by Gasteiger charge is 2.26. The van der Waals surface area contributed by atoms with Crippen LogP contribution in [0.15, 0.2) is 91.1 Å². The van der Waals surface area contributed by atoms with Crippen molar-refractivity contribution in [3.63, 3.8) is 0 Å². The molecular weight excluding hydrogens is 660 g/mol. The average molecular weight is 709 g/mol. The van der Waals surface area contributed by atoms with Gasteiger partial charge < -0.3 is 33.5 Å². The molecule has 3 atom stereocenters. The zero-order valence-corrected chi connectivity index (χ0v) is 31.1. The molecular formula is C42H48N2O8. The number of ether oxygens (including phenoxy) is 6. The van der Waals surface area contributed by atoms with E-state index in [4.69, 9.17) is 28.4 Å². The normalized spacial score (nSPS) is 12.3. The van der Waals surface area contributed by atoms with Gasteiger partial charge in [-0.25, -0.2) is 4.98 Å². The van der Waals surface area contributed by atoms with Crippen molar-refractivity contribution in [2.75, 3.05) is 42.7 Å². The first-order chi connectivity index (χ1) is 25.2. The Hall–Kier alpha value is -5.61. The van der Waals surface area contributed by atoms with Gasteiger partial charge in [-0.2, -0.15) is 4.98 Å². The first kappa shape index (κ1) is 39.2. The number of rotatable bonds is 15. The summed E-state index contributed by atoms with van der Waals surface area (Å²) in [7, 11) is 9.30. The first-order valence-corrected chi connectivity index (χ1v) is 16.9. The minimum absolute atomic E-state index is 0.0945. The lowest BCUT2D eigenvalue weighted by molar-refractivity contribution is 0.112. The summed E-state index contributed by atoms with van der Waals surface area (Å²) in [5.41, 5.74) is 6.12. The molecule has 5 aromatic rings. The van der Waals surface area contributed by atoms with Gasteiger partial charge in [-0.05, 0) is 76.8 Å². The van der Waals surface area contributed by atoms with Crippen LogP contribution in [0.3, 0.4) is 0 Å². The Bertz CT molecular complexity index is 1890. The second-order valence-corrected chi connectivity index (χ2v) is 12.2. The molecule has 0 saturated heterocycles. The average Bonchev–Trinajstić information content (AvgIpc) is 3.20. The highest BCUT2D eigenvalue weighted by atomic mass is 16.5. The molecule has 4 aromatic carbocycles. The summed E-state index contributed by atoms with van der Waals surface area (Å²) in [6.45, 7) is 4.23. The number of aliphatic hydroxyl groups is 1. The monoisotopic (exact) mass is 708 g/mol. The summed E-state index contributed by atoms with van der Waals surface area (Å²) < 4.78 is 32.0. The molecule has 0 saturated carbocycles. The molecule has 0 aliphatic rings. The predicted molar refractivity (Wildman–Crippen MR) is 201 cm³/mol. The molecule has 3 unspecified atom stereocenters. The van der Waals surface area contributed by atoms with Gasteiger partial charge >= 0.3 is 6.01 Å². The van der Waals surface area contributed by atoms with E-state index in [-0.39, 0.29) is 23.7 Å². The molecule has 10 heteroatoms. The second-order valence-electron chi connectivity index (χ2n) is 12.2. The van der Waals surface area contributed by atoms with Crippen LogP contribution in [0.4, 0.5) is 0 Å². The van der Waals surface area contributed by atoms with Gasteiger partial charge in [0.25, 0.3) is 0 Å². The molecule has 0 amide bonds. The van der Waals surface area contributed by atoms with Gasteiger partial charge in [-0.1, -0.05) is 74.5 Å². The summed E-state index contributed by atoms with van der Waals surface area (Å²) in [4.78, 5) is 19.7. The van der Waals surface area contributed by atoms with Crippen molar-refractivity contribution < 1.29 is 38.3 Å². The van der Waals surface area contributed by atoms with Gasteiger partial charge in [-0.15, -0.1) is 0 Å². The van der Waals surface area contributed by atoms with Crippen LogP contribution in [0.1, 0.15) is 75.5 Å². The SMILES string of the molecule is COc1cc(C=O)c(C(C)Cc2ccccc2)cc1OC.COc1ncc(C(O)c2cc(OC)c(OC)cc2C(C)Cc2ccccc2)c(OC)n1. The van der Waals surface area contributed by atoms with Crippen LogP contribution in [0.2, 0.25) is 0 Å². The Labute approximate surface area is 306 Å². The molecule has 52 heavy (non-hydrogen) atoms. The maximum absolute atomic E-state index is 11.4. The fourth-order valence-electron chi connectivity index (χ4n) is 6.15. The number of carbonyl (C=O) groups excluding carboxylic acids is 1. The maximum atomic E-state index is 11.4. The highest BCUT2D eigenvalue weighted by molar-refractivity contribution is 5.79. The molecule has 5 rings (SSSR count). The van der Waals surface area contributed by atoms with E-state index in [9.17, 15) is 9.90 Å². The lowest BCUT2D eigenvalue weighted by atomic mass is 9.86. The van der Waals surface area contributed by atoms with Crippen molar-refractivity contribution in [2.24, 2.45) is 0 Å². The molecule has 10 nitrogen and oxygen atoms in total. The van der Waals surface area contributed by atoms with E-state index >= 15 is 0 Å². The van der Waals surface area contributed by atoms with Crippen molar-refractivity contribution in [3.05, 3.63) is 130 Å². The Morgan fingerprint density at radius 3 is 1.52 bits per heavy atom. The van der Waals surface area contributed by atoms with Gasteiger partial charge in [0.15, 0.2) is 23.0 Å². The number of hydrogen-bond donors (Lipinski definition) is 1. The number of aliphatic hydroxyl groups excluding tert-OH is 1. The number of carbonyl (C=O) groups is 1. The molecule has 0 spiro atoms. The lowest BCUT2D eigenvalue weighted by Crippen LogP contribution is -2.11. The minimum Gasteiger partial charge on any atom is -0.493 e. The highest BCUT2D eigenvalue weighted by Crippen LogP contribution is 2.41. The van der Waals surface area contributed by atoms with Crippen molar-refractivity contribution >= 4 is 6.29 Å². The Morgan fingerprint density at radius 2 is 1.06 bits per heavy atom. The van der Waals surface area contributed by atoms with E-state index in [0.717, 1.165) is 30.3 Å². The number of nitrogens with zero attached hydrogens (tertiary/aromatic N) is 2. The van der Waals surface area contributed by atoms with Crippen LogP contribution in [0.5, 0.6) is 34.9 Å². The number of hydrogen-bond acceptors (Lipinski definition) is 10. The minimum atomic E-state index is -1.03. The van der Waals surface area contributed by atoms with E-state index < -0.39 is 6.10 Å². The van der Waals surface area contributed by atoms with Gasteiger partial charge in [0, 0.05) is 11.8 Å². The van der Waals surface area contributed by atoms with E-state index in [2.05, 4.69) is 48.1 Å². The molecule has 0 radical (unpaired) electrons. The third-order valence-corrected chi connectivity index (χ3v) is 8.86.